The third kappa shape index (κ3) is 4.79. The van der Waals surface area contributed by atoms with E-state index in [0.29, 0.717) is 22.5 Å². The molecule has 0 atom stereocenters. The lowest BCUT2D eigenvalue weighted by molar-refractivity contribution is -0.144. The van der Waals surface area contributed by atoms with Crippen molar-refractivity contribution < 1.29 is 23.5 Å². The average molecular weight is 473 g/mol. The molecule has 7 heteroatoms. The molecule has 1 heterocycles. The largest absolute Gasteiger partial charge is 0.496 e. The van der Waals surface area contributed by atoms with Gasteiger partial charge in [0.15, 0.2) is 5.78 Å². The van der Waals surface area contributed by atoms with Crippen LogP contribution in [0.5, 0.6) is 5.75 Å². The van der Waals surface area contributed by atoms with Gasteiger partial charge in [0.2, 0.25) is 0 Å². The van der Waals surface area contributed by atoms with Crippen LogP contribution in [-0.2, 0) is 16.1 Å². The van der Waals surface area contributed by atoms with Crippen LogP contribution < -0.4 is 10.4 Å². The highest BCUT2D eigenvalue weighted by Gasteiger charge is 2.16. The van der Waals surface area contributed by atoms with Gasteiger partial charge in [-0.25, -0.2) is 4.79 Å². The lowest BCUT2D eigenvalue weighted by Gasteiger charge is -2.10. The molecule has 156 valence electrons. The molecule has 0 unspecified atom stereocenters. The highest BCUT2D eigenvalue weighted by Crippen LogP contribution is 2.25. The number of carbonyl (C=O) groups excluding carboxylic acids is 2. The van der Waals surface area contributed by atoms with Gasteiger partial charge in [-0.15, -0.1) is 0 Å². The Hall–Kier alpha value is -2.93. The number of aryl methyl sites for hydroxylation is 2. The molecule has 30 heavy (non-hydrogen) atoms. The Kier molecular flexibility index (Phi) is 6.72. The predicted molar refractivity (Wildman–Crippen MR) is 116 cm³/mol. The van der Waals surface area contributed by atoms with Gasteiger partial charge in [-0.2, -0.15) is 0 Å². The fraction of sp³-hybridized carbons (Fsp3) is 0.261. The van der Waals surface area contributed by atoms with Crippen molar-refractivity contribution in [3.63, 3.8) is 0 Å². The Bertz CT molecular complexity index is 1180. The Labute approximate surface area is 181 Å². The maximum absolute atomic E-state index is 12.5. The zero-order valence-electron chi connectivity index (χ0n) is 16.9. The smallest absolute Gasteiger partial charge is 0.336 e. The number of benzene rings is 2. The van der Waals surface area contributed by atoms with E-state index in [1.165, 1.54) is 13.2 Å². The van der Waals surface area contributed by atoms with E-state index in [-0.39, 0.29) is 25.2 Å². The third-order valence-corrected chi connectivity index (χ3v) is 5.42. The molecule has 0 fully saturated rings. The number of rotatable bonds is 7. The molecule has 3 aromatic rings. The van der Waals surface area contributed by atoms with Crippen LogP contribution in [0.25, 0.3) is 11.0 Å². The summed E-state index contributed by atoms with van der Waals surface area (Å²) in [5.41, 5.74) is 2.83. The summed E-state index contributed by atoms with van der Waals surface area (Å²) in [7, 11) is 1.48. The first-order valence-corrected chi connectivity index (χ1v) is 10.1. The van der Waals surface area contributed by atoms with Crippen LogP contribution in [0.1, 0.15) is 39.9 Å². The topological polar surface area (TPSA) is 82.8 Å². The first-order valence-electron chi connectivity index (χ1n) is 9.35. The fourth-order valence-electron chi connectivity index (χ4n) is 3.12. The second-order valence-electron chi connectivity index (χ2n) is 6.90. The van der Waals surface area contributed by atoms with E-state index < -0.39 is 11.6 Å². The number of hydrogen-bond donors (Lipinski definition) is 0. The second-order valence-corrected chi connectivity index (χ2v) is 7.82. The van der Waals surface area contributed by atoms with E-state index in [4.69, 9.17) is 13.9 Å². The maximum Gasteiger partial charge on any atom is 0.336 e. The number of fused-ring (bicyclic) bond motifs is 1. The van der Waals surface area contributed by atoms with Crippen molar-refractivity contribution in [2.45, 2.75) is 33.3 Å². The van der Waals surface area contributed by atoms with Crippen LogP contribution in [0.3, 0.4) is 0 Å². The molecule has 0 radical (unpaired) electrons. The van der Waals surface area contributed by atoms with Crippen molar-refractivity contribution >= 4 is 38.7 Å². The molecule has 0 aliphatic carbocycles. The molecule has 0 spiro atoms. The maximum atomic E-state index is 12.5. The van der Waals surface area contributed by atoms with Gasteiger partial charge >= 0.3 is 11.6 Å². The summed E-state index contributed by atoms with van der Waals surface area (Å²) in [5.74, 6) is -0.297. The van der Waals surface area contributed by atoms with Gasteiger partial charge in [0.05, 0.1) is 19.1 Å². The predicted octanol–water partition coefficient (Wildman–Crippen LogP) is 4.89. The molecule has 0 N–H and O–H groups in total. The SMILES string of the molecule is COc1ccc(Br)cc1C(=O)CCC(=O)OCc1cc(=O)oc2c(C)c(C)ccc12. The molecule has 6 nitrogen and oxygen atoms in total. The molecule has 0 saturated carbocycles. The highest BCUT2D eigenvalue weighted by molar-refractivity contribution is 9.10. The van der Waals surface area contributed by atoms with Gasteiger partial charge in [-0.05, 0) is 43.2 Å². The molecule has 0 aliphatic heterocycles. The first-order chi connectivity index (χ1) is 14.3. The van der Waals surface area contributed by atoms with Crippen LogP contribution in [0.4, 0.5) is 0 Å². The van der Waals surface area contributed by atoms with Gasteiger partial charge in [0.1, 0.15) is 17.9 Å². The Morgan fingerprint density at radius 2 is 1.83 bits per heavy atom. The standard InChI is InChI=1S/C23H21BrO6/c1-13-4-6-17-15(10-22(27)30-23(17)14(13)2)12-29-21(26)9-7-19(25)18-11-16(24)5-8-20(18)28-3/h4-6,8,10-11H,7,9,12H2,1-3H3. The molecule has 1 aromatic heterocycles. The van der Waals surface area contributed by atoms with Crippen molar-refractivity contribution in [3.8, 4) is 5.75 Å². The number of Topliss-reactive ketones (excluding diaryl/α,β-unsaturated/α-hetero) is 1. The van der Waals surface area contributed by atoms with Crippen LogP contribution in [0.2, 0.25) is 0 Å². The quantitative estimate of drug-likeness (QED) is 0.276. The Morgan fingerprint density at radius 1 is 1.07 bits per heavy atom. The number of ether oxygens (including phenoxy) is 2. The van der Waals surface area contributed by atoms with Gasteiger partial charge in [0, 0.05) is 27.9 Å². The van der Waals surface area contributed by atoms with Gasteiger partial charge in [-0.3, -0.25) is 9.59 Å². The number of halogens is 1. The lowest BCUT2D eigenvalue weighted by Crippen LogP contribution is -2.10. The fourth-order valence-corrected chi connectivity index (χ4v) is 3.48. The number of esters is 1. The molecule has 0 amide bonds. The summed E-state index contributed by atoms with van der Waals surface area (Å²) in [4.78, 5) is 36.6. The second kappa shape index (κ2) is 9.26. The number of hydrogen-bond acceptors (Lipinski definition) is 6. The van der Waals surface area contributed by atoms with E-state index in [1.54, 1.807) is 18.2 Å². The molecular weight excluding hydrogens is 452 g/mol. The summed E-state index contributed by atoms with van der Waals surface area (Å²) in [6.07, 6.45) is -0.0896. The van der Waals surface area contributed by atoms with Gasteiger partial charge in [0.25, 0.3) is 0 Å². The van der Waals surface area contributed by atoms with Crippen LogP contribution in [0, 0.1) is 13.8 Å². The molecule has 2 aromatic carbocycles. The van der Waals surface area contributed by atoms with E-state index in [2.05, 4.69) is 15.9 Å². The van der Waals surface area contributed by atoms with Gasteiger partial charge in [-0.1, -0.05) is 28.1 Å². The molecule has 3 rings (SSSR count). The van der Waals surface area contributed by atoms with Crippen molar-refractivity contribution in [2.75, 3.05) is 7.11 Å². The zero-order valence-corrected chi connectivity index (χ0v) is 18.5. The minimum Gasteiger partial charge on any atom is -0.496 e. The Balaban J connectivity index is 1.67. The average Bonchev–Trinajstić information content (AvgIpc) is 2.73. The van der Waals surface area contributed by atoms with Crippen molar-refractivity contribution in [3.05, 3.63) is 73.5 Å². The lowest BCUT2D eigenvalue weighted by atomic mass is 10.0. The number of ketones is 1. The van der Waals surface area contributed by atoms with Crippen molar-refractivity contribution in [2.24, 2.45) is 0 Å². The summed E-state index contributed by atoms with van der Waals surface area (Å²) in [5, 5.41) is 0.723. The first kappa shape index (κ1) is 21.8. The van der Waals surface area contributed by atoms with E-state index in [0.717, 1.165) is 21.0 Å². The third-order valence-electron chi connectivity index (χ3n) is 4.92. The minimum atomic E-state index is -0.525. The number of carbonyl (C=O) groups is 2. The molecule has 0 bridgehead atoms. The monoisotopic (exact) mass is 472 g/mol. The Morgan fingerprint density at radius 3 is 2.57 bits per heavy atom. The molecule has 0 aliphatic rings. The van der Waals surface area contributed by atoms with E-state index in [1.807, 2.05) is 26.0 Å². The summed E-state index contributed by atoms with van der Waals surface area (Å²) in [6.45, 7) is 3.73. The summed E-state index contributed by atoms with van der Waals surface area (Å²) in [6, 6.07) is 10.2. The van der Waals surface area contributed by atoms with Crippen molar-refractivity contribution in [1.29, 1.82) is 0 Å². The van der Waals surface area contributed by atoms with Crippen LogP contribution in [-0.4, -0.2) is 18.9 Å². The van der Waals surface area contributed by atoms with E-state index >= 15 is 0 Å². The summed E-state index contributed by atoms with van der Waals surface area (Å²) >= 11 is 3.33. The minimum absolute atomic E-state index is 0.0123. The van der Waals surface area contributed by atoms with Gasteiger partial charge < -0.3 is 13.9 Å². The number of methoxy groups -OCH3 is 1. The van der Waals surface area contributed by atoms with E-state index in [9.17, 15) is 14.4 Å². The highest BCUT2D eigenvalue weighted by atomic mass is 79.9. The van der Waals surface area contributed by atoms with Crippen LogP contribution >= 0.6 is 15.9 Å². The molecule has 0 saturated heterocycles. The normalized spacial score (nSPS) is 10.8. The van der Waals surface area contributed by atoms with Crippen LogP contribution in [0.15, 0.2) is 50.1 Å². The summed E-state index contributed by atoms with van der Waals surface area (Å²) < 4.78 is 16.6. The zero-order chi connectivity index (χ0) is 21.8. The van der Waals surface area contributed by atoms with Crippen molar-refractivity contribution in [1.82, 2.24) is 0 Å². The molecular formula is C23H21BrO6.